The number of unbranched alkanes of at least 4 members (excludes halogenated alkanes) is 3. The van der Waals surface area contributed by atoms with Crippen LogP contribution in [0.2, 0.25) is 5.02 Å². The summed E-state index contributed by atoms with van der Waals surface area (Å²) < 4.78 is 10.9. The molecule has 2 aromatic carbocycles. The summed E-state index contributed by atoms with van der Waals surface area (Å²) in [6.45, 7) is 2.60. The fourth-order valence-corrected chi connectivity index (χ4v) is 2.46. The number of amides is 2. The third-order valence-electron chi connectivity index (χ3n) is 3.88. The van der Waals surface area contributed by atoms with E-state index in [9.17, 15) is 9.59 Å². The summed E-state index contributed by atoms with van der Waals surface area (Å²) in [7, 11) is 0. The van der Waals surface area contributed by atoms with E-state index < -0.39 is 11.8 Å². The first kappa shape index (κ1) is 21.6. The van der Waals surface area contributed by atoms with Gasteiger partial charge in [-0.15, -0.1) is 0 Å². The van der Waals surface area contributed by atoms with Gasteiger partial charge in [0.15, 0.2) is 6.61 Å². The maximum atomic E-state index is 12.1. The first-order valence-corrected chi connectivity index (χ1v) is 9.66. The normalized spacial score (nSPS) is 10.2. The van der Waals surface area contributed by atoms with Gasteiger partial charge in [0.1, 0.15) is 11.5 Å². The summed E-state index contributed by atoms with van der Waals surface area (Å²) in [5, 5.41) is 0.581. The Labute approximate surface area is 170 Å². The Morgan fingerprint density at radius 2 is 1.50 bits per heavy atom. The molecule has 0 aromatic heterocycles. The van der Waals surface area contributed by atoms with Crippen molar-refractivity contribution in [1.29, 1.82) is 0 Å². The summed E-state index contributed by atoms with van der Waals surface area (Å²) in [5.74, 6) is 0.328. The van der Waals surface area contributed by atoms with Gasteiger partial charge in [-0.1, -0.05) is 37.8 Å². The number of hydrogen-bond donors (Lipinski definition) is 2. The predicted octanol–water partition coefficient (Wildman–Crippen LogP) is 4.14. The van der Waals surface area contributed by atoms with E-state index in [1.165, 1.54) is 12.8 Å². The predicted molar refractivity (Wildman–Crippen MR) is 109 cm³/mol. The highest BCUT2D eigenvalue weighted by Gasteiger charge is 2.08. The zero-order valence-electron chi connectivity index (χ0n) is 15.9. The monoisotopic (exact) mass is 404 g/mol. The molecule has 0 aliphatic carbocycles. The second-order valence-corrected chi connectivity index (χ2v) is 6.61. The Hall–Kier alpha value is -2.73. The van der Waals surface area contributed by atoms with E-state index in [1.807, 2.05) is 0 Å². The minimum atomic E-state index is -0.477. The number of hydrogen-bond acceptors (Lipinski definition) is 4. The summed E-state index contributed by atoms with van der Waals surface area (Å²) in [4.78, 5) is 23.9. The van der Waals surface area contributed by atoms with E-state index in [2.05, 4.69) is 17.8 Å². The van der Waals surface area contributed by atoms with Crippen LogP contribution >= 0.6 is 11.6 Å². The van der Waals surface area contributed by atoms with Crippen molar-refractivity contribution in [2.24, 2.45) is 0 Å². The highest BCUT2D eigenvalue weighted by Crippen LogP contribution is 2.15. The van der Waals surface area contributed by atoms with Gasteiger partial charge in [-0.05, 0) is 55.0 Å². The lowest BCUT2D eigenvalue weighted by atomic mass is 10.2. The lowest BCUT2D eigenvalue weighted by Gasteiger charge is -2.10. The Bertz CT molecular complexity index is 748. The molecule has 0 aliphatic heterocycles. The molecule has 2 amide bonds. The van der Waals surface area contributed by atoms with E-state index in [0.29, 0.717) is 28.7 Å². The summed E-state index contributed by atoms with van der Waals surface area (Å²) in [5.41, 5.74) is 5.07. The van der Waals surface area contributed by atoms with Crippen molar-refractivity contribution >= 4 is 23.4 Å². The van der Waals surface area contributed by atoms with Crippen molar-refractivity contribution in [2.45, 2.75) is 32.6 Å². The number of hydrazine groups is 1. The first-order chi connectivity index (χ1) is 13.6. The SMILES string of the molecule is CCCCCCOc1ccc(C(=O)NNC(=O)COc2ccc(Cl)cc2)cc1. The van der Waals surface area contributed by atoms with Crippen LogP contribution in [0.25, 0.3) is 0 Å². The minimum absolute atomic E-state index is 0.229. The standard InChI is InChI=1S/C21H25ClN2O4/c1-2-3-4-5-14-27-18-10-6-16(7-11-18)21(26)24-23-20(25)15-28-19-12-8-17(22)9-13-19/h6-13H,2-5,14-15H2,1H3,(H,23,25)(H,24,26). The third kappa shape index (κ3) is 7.88. The first-order valence-electron chi connectivity index (χ1n) is 9.29. The molecule has 0 aliphatic rings. The molecule has 2 rings (SSSR count). The van der Waals surface area contributed by atoms with Crippen LogP contribution in [0.15, 0.2) is 48.5 Å². The van der Waals surface area contributed by atoms with Gasteiger partial charge in [-0.25, -0.2) is 0 Å². The Kier molecular flexibility index (Phi) is 9.15. The molecule has 0 unspecified atom stereocenters. The topological polar surface area (TPSA) is 76.7 Å². The van der Waals surface area contributed by atoms with Crippen LogP contribution in [0.5, 0.6) is 11.5 Å². The largest absolute Gasteiger partial charge is 0.494 e. The number of ether oxygens (including phenoxy) is 2. The number of carbonyl (C=O) groups excluding carboxylic acids is 2. The third-order valence-corrected chi connectivity index (χ3v) is 4.13. The lowest BCUT2D eigenvalue weighted by molar-refractivity contribution is -0.123. The fraction of sp³-hybridized carbons (Fsp3) is 0.333. The van der Waals surface area contributed by atoms with Crippen LogP contribution in [-0.2, 0) is 4.79 Å². The number of rotatable bonds is 10. The van der Waals surface area contributed by atoms with Crippen LogP contribution in [0.3, 0.4) is 0 Å². The van der Waals surface area contributed by atoms with Crippen LogP contribution in [0.1, 0.15) is 43.0 Å². The molecule has 0 saturated carbocycles. The molecule has 0 spiro atoms. The Morgan fingerprint density at radius 3 is 2.18 bits per heavy atom. The smallest absolute Gasteiger partial charge is 0.276 e. The molecular formula is C21H25ClN2O4. The summed E-state index contributed by atoms with van der Waals surface area (Å²) >= 11 is 5.78. The average Bonchev–Trinajstić information content (AvgIpc) is 2.72. The van der Waals surface area contributed by atoms with Crippen LogP contribution in [-0.4, -0.2) is 25.0 Å². The maximum absolute atomic E-state index is 12.1. The molecule has 2 aromatic rings. The zero-order chi connectivity index (χ0) is 20.2. The van der Waals surface area contributed by atoms with E-state index in [-0.39, 0.29) is 6.61 Å². The molecule has 0 saturated heterocycles. The molecule has 7 heteroatoms. The Balaban J connectivity index is 1.68. The van der Waals surface area contributed by atoms with E-state index in [1.54, 1.807) is 48.5 Å². The van der Waals surface area contributed by atoms with Crippen LogP contribution in [0.4, 0.5) is 0 Å². The van der Waals surface area contributed by atoms with Crippen molar-refractivity contribution in [3.63, 3.8) is 0 Å². The highest BCUT2D eigenvalue weighted by atomic mass is 35.5. The van der Waals surface area contributed by atoms with Crippen molar-refractivity contribution in [2.75, 3.05) is 13.2 Å². The molecular weight excluding hydrogens is 380 g/mol. The van der Waals surface area contributed by atoms with Gasteiger partial charge in [0.05, 0.1) is 6.61 Å². The molecule has 0 atom stereocenters. The van der Waals surface area contributed by atoms with Gasteiger partial charge in [0.2, 0.25) is 0 Å². The highest BCUT2D eigenvalue weighted by molar-refractivity contribution is 6.30. The van der Waals surface area contributed by atoms with Crippen LogP contribution in [0, 0.1) is 0 Å². The summed E-state index contributed by atoms with van der Waals surface area (Å²) in [6, 6.07) is 13.4. The molecule has 2 N–H and O–H groups in total. The van der Waals surface area contributed by atoms with Gasteiger partial charge in [0, 0.05) is 10.6 Å². The summed E-state index contributed by atoms with van der Waals surface area (Å²) in [6.07, 6.45) is 4.56. The fourth-order valence-electron chi connectivity index (χ4n) is 2.34. The maximum Gasteiger partial charge on any atom is 0.276 e. The van der Waals surface area contributed by atoms with Crippen molar-refractivity contribution in [3.8, 4) is 11.5 Å². The van der Waals surface area contributed by atoms with E-state index >= 15 is 0 Å². The molecule has 150 valence electrons. The second kappa shape index (κ2) is 11.9. The molecule has 0 heterocycles. The average molecular weight is 405 g/mol. The minimum Gasteiger partial charge on any atom is -0.494 e. The molecule has 0 radical (unpaired) electrons. The van der Waals surface area contributed by atoms with Crippen molar-refractivity contribution in [1.82, 2.24) is 10.9 Å². The van der Waals surface area contributed by atoms with Crippen LogP contribution < -0.4 is 20.3 Å². The number of nitrogens with one attached hydrogen (secondary N) is 2. The van der Waals surface area contributed by atoms with E-state index in [0.717, 1.165) is 12.8 Å². The van der Waals surface area contributed by atoms with Gasteiger partial charge in [-0.3, -0.25) is 20.4 Å². The Morgan fingerprint density at radius 1 is 0.857 bits per heavy atom. The molecule has 6 nitrogen and oxygen atoms in total. The quantitative estimate of drug-likeness (QED) is 0.461. The second-order valence-electron chi connectivity index (χ2n) is 6.18. The van der Waals surface area contributed by atoms with Gasteiger partial charge >= 0.3 is 0 Å². The molecule has 0 fully saturated rings. The van der Waals surface area contributed by atoms with E-state index in [4.69, 9.17) is 21.1 Å². The molecule has 0 bridgehead atoms. The van der Waals surface area contributed by atoms with Gasteiger partial charge in [-0.2, -0.15) is 0 Å². The zero-order valence-corrected chi connectivity index (χ0v) is 16.6. The van der Waals surface area contributed by atoms with Gasteiger partial charge < -0.3 is 9.47 Å². The molecule has 28 heavy (non-hydrogen) atoms. The number of benzene rings is 2. The van der Waals surface area contributed by atoms with Gasteiger partial charge in [0.25, 0.3) is 11.8 Å². The van der Waals surface area contributed by atoms with Crippen molar-refractivity contribution < 1.29 is 19.1 Å². The van der Waals surface area contributed by atoms with Crippen molar-refractivity contribution in [3.05, 3.63) is 59.1 Å². The number of halogens is 1. The number of carbonyl (C=O) groups is 2. The lowest BCUT2D eigenvalue weighted by Crippen LogP contribution is -2.43.